The average molecular weight is 452 g/mol. The van der Waals surface area contributed by atoms with Gasteiger partial charge in [0.05, 0.1) is 30.8 Å². The minimum atomic E-state index is -0.499. The third kappa shape index (κ3) is 5.30. The molecule has 0 saturated carbocycles. The minimum Gasteiger partial charge on any atom is -0.466 e. The Kier molecular flexibility index (Phi) is 7.18. The Morgan fingerprint density at radius 3 is 2.64 bits per heavy atom. The zero-order chi connectivity index (χ0) is 23.4. The van der Waals surface area contributed by atoms with Crippen molar-refractivity contribution in [1.82, 2.24) is 9.91 Å². The molecule has 0 aliphatic carbocycles. The van der Waals surface area contributed by atoms with Crippen LogP contribution in [0.15, 0.2) is 53.6 Å². The number of hydrogen-bond donors (Lipinski definition) is 0. The van der Waals surface area contributed by atoms with Gasteiger partial charge in [0.15, 0.2) is 0 Å². The molecule has 0 N–H and O–H groups in total. The summed E-state index contributed by atoms with van der Waals surface area (Å²) in [5.41, 5.74) is 3.29. The van der Waals surface area contributed by atoms with Crippen LogP contribution in [0.1, 0.15) is 48.9 Å². The molecule has 2 aliphatic rings. The monoisotopic (exact) mass is 451 g/mol. The lowest BCUT2D eigenvalue weighted by Crippen LogP contribution is -2.45. The van der Waals surface area contributed by atoms with Gasteiger partial charge in [0.25, 0.3) is 5.91 Å². The number of benzene rings is 2. The van der Waals surface area contributed by atoms with Crippen LogP contribution < -0.4 is 0 Å². The molecule has 0 bridgehead atoms. The quantitative estimate of drug-likeness (QED) is 0.621. The number of aryl methyl sites for hydroxylation is 1. The molecule has 0 unspecified atom stereocenters. The van der Waals surface area contributed by atoms with E-state index in [-0.39, 0.29) is 30.2 Å². The minimum absolute atomic E-state index is 0.130. The first-order valence-electron chi connectivity index (χ1n) is 11.6. The summed E-state index contributed by atoms with van der Waals surface area (Å²) in [6.07, 6.45) is 2.04. The van der Waals surface area contributed by atoms with Crippen molar-refractivity contribution in [1.29, 1.82) is 0 Å². The number of ether oxygens (including phenoxy) is 1. The first kappa shape index (κ1) is 23.1. The maximum atomic E-state index is 14.7. The fourth-order valence-corrected chi connectivity index (χ4v) is 4.56. The molecule has 7 heteroatoms. The molecule has 2 aromatic rings. The van der Waals surface area contributed by atoms with Crippen molar-refractivity contribution in [2.45, 2.75) is 39.2 Å². The van der Waals surface area contributed by atoms with Crippen molar-refractivity contribution in [3.63, 3.8) is 0 Å². The molecule has 2 aliphatic heterocycles. The second-order valence-corrected chi connectivity index (χ2v) is 8.72. The summed E-state index contributed by atoms with van der Waals surface area (Å²) in [7, 11) is 0. The summed E-state index contributed by atoms with van der Waals surface area (Å²) in [5.74, 6) is -0.977. The summed E-state index contributed by atoms with van der Waals surface area (Å²) >= 11 is 0. The van der Waals surface area contributed by atoms with Gasteiger partial charge in [0, 0.05) is 18.5 Å². The summed E-state index contributed by atoms with van der Waals surface area (Å²) in [6.45, 7) is 5.50. The number of rotatable bonds is 6. The lowest BCUT2D eigenvalue weighted by atomic mass is 9.97. The summed E-state index contributed by atoms with van der Waals surface area (Å²) < 4.78 is 19.9. The SMILES string of the molecule is CCOC(=O)[C@H]1CCCN(CC(=O)N2N=C(c3ccc(C)cc3)C[C@H]2c2ccccc2F)C1. The van der Waals surface area contributed by atoms with Gasteiger partial charge >= 0.3 is 5.97 Å². The van der Waals surface area contributed by atoms with Gasteiger partial charge in [-0.15, -0.1) is 0 Å². The van der Waals surface area contributed by atoms with Crippen LogP contribution in [-0.4, -0.2) is 53.7 Å². The van der Waals surface area contributed by atoms with Crippen LogP contribution >= 0.6 is 0 Å². The van der Waals surface area contributed by atoms with E-state index in [1.807, 2.05) is 36.1 Å². The fraction of sp³-hybridized carbons (Fsp3) is 0.423. The van der Waals surface area contributed by atoms with Crippen LogP contribution in [0.5, 0.6) is 0 Å². The van der Waals surface area contributed by atoms with Crippen LogP contribution in [0.3, 0.4) is 0 Å². The first-order chi connectivity index (χ1) is 16.0. The number of esters is 1. The number of amides is 1. The Labute approximate surface area is 194 Å². The van der Waals surface area contributed by atoms with Gasteiger partial charge in [-0.1, -0.05) is 48.0 Å². The van der Waals surface area contributed by atoms with Gasteiger partial charge in [0.1, 0.15) is 5.82 Å². The van der Waals surface area contributed by atoms with Crippen molar-refractivity contribution in [3.8, 4) is 0 Å². The highest BCUT2D eigenvalue weighted by Gasteiger charge is 2.36. The summed E-state index contributed by atoms with van der Waals surface area (Å²) in [5, 5.41) is 6.08. The van der Waals surface area contributed by atoms with Crippen LogP contribution in [0.2, 0.25) is 0 Å². The van der Waals surface area contributed by atoms with E-state index in [0.717, 1.165) is 36.2 Å². The molecule has 174 valence electrons. The molecule has 0 radical (unpaired) electrons. The molecule has 33 heavy (non-hydrogen) atoms. The Morgan fingerprint density at radius 2 is 1.91 bits per heavy atom. The van der Waals surface area contributed by atoms with E-state index in [0.29, 0.717) is 25.1 Å². The van der Waals surface area contributed by atoms with Crippen molar-refractivity contribution < 1.29 is 18.7 Å². The predicted molar refractivity (Wildman–Crippen MR) is 124 cm³/mol. The molecule has 1 fully saturated rings. The smallest absolute Gasteiger partial charge is 0.310 e. The zero-order valence-corrected chi connectivity index (χ0v) is 19.2. The molecule has 4 rings (SSSR count). The van der Waals surface area contributed by atoms with Crippen molar-refractivity contribution >= 4 is 17.6 Å². The van der Waals surface area contributed by atoms with Gasteiger partial charge in [0.2, 0.25) is 0 Å². The molecule has 2 aromatic carbocycles. The van der Waals surface area contributed by atoms with E-state index in [1.54, 1.807) is 25.1 Å². The zero-order valence-electron chi connectivity index (χ0n) is 19.2. The molecule has 0 spiro atoms. The van der Waals surface area contributed by atoms with E-state index in [1.165, 1.54) is 11.1 Å². The number of carbonyl (C=O) groups excluding carboxylic acids is 2. The first-order valence-corrected chi connectivity index (χ1v) is 11.6. The summed E-state index contributed by atoms with van der Waals surface area (Å²) in [6, 6.07) is 14.0. The Hall–Kier alpha value is -3.06. The summed E-state index contributed by atoms with van der Waals surface area (Å²) in [4.78, 5) is 27.5. The molecular formula is C26H30FN3O3. The second-order valence-electron chi connectivity index (χ2n) is 8.72. The highest BCUT2D eigenvalue weighted by atomic mass is 19.1. The molecule has 6 nitrogen and oxygen atoms in total. The highest BCUT2D eigenvalue weighted by Crippen LogP contribution is 2.34. The second kappa shape index (κ2) is 10.3. The normalized spacial score (nSPS) is 21.1. The van der Waals surface area contributed by atoms with Gasteiger partial charge in [-0.25, -0.2) is 9.40 Å². The maximum absolute atomic E-state index is 14.7. The number of piperidine rings is 1. The molecule has 1 saturated heterocycles. The van der Waals surface area contributed by atoms with Crippen molar-refractivity contribution in [2.75, 3.05) is 26.2 Å². The number of hydrazone groups is 1. The molecule has 2 atom stereocenters. The van der Waals surface area contributed by atoms with E-state index in [2.05, 4.69) is 5.10 Å². The topological polar surface area (TPSA) is 62.2 Å². The lowest BCUT2D eigenvalue weighted by molar-refractivity contribution is -0.150. The van der Waals surface area contributed by atoms with Crippen LogP contribution in [0.4, 0.5) is 4.39 Å². The fourth-order valence-electron chi connectivity index (χ4n) is 4.56. The number of likely N-dealkylation sites (tertiary alicyclic amines) is 1. The standard InChI is InChI=1S/C26H30FN3O3/c1-3-33-26(32)20-7-6-14-29(16-20)17-25(31)30-24(21-8-4-5-9-22(21)27)15-23(28-30)19-12-10-18(2)11-13-19/h4-5,8-13,20,24H,3,6-7,14-17H2,1-2H3/t20-,24-/m0/s1. The molecular weight excluding hydrogens is 421 g/mol. The lowest BCUT2D eigenvalue weighted by Gasteiger charge is -2.32. The van der Waals surface area contributed by atoms with Crippen LogP contribution in [0.25, 0.3) is 0 Å². The van der Waals surface area contributed by atoms with Crippen molar-refractivity contribution in [3.05, 3.63) is 71.0 Å². The van der Waals surface area contributed by atoms with E-state index in [4.69, 9.17) is 4.74 Å². The molecule has 0 aromatic heterocycles. The number of hydrogen-bond acceptors (Lipinski definition) is 5. The molecule has 1 amide bonds. The van der Waals surface area contributed by atoms with Crippen molar-refractivity contribution in [2.24, 2.45) is 11.0 Å². The number of halogens is 1. The average Bonchev–Trinajstić information content (AvgIpc) is 3.25. The van der Waals surface area contributed by atoms with E-state index < -0.39 is 6.04 Å². The Morgan fingerprint density at radius 1 is 1.15 bits per heavy atom. The maximum Gasteiger partial charge on any atom is 0.310 e. The van der Waals surface area contributed by atoms with Gasteiger partial charge < -0.3 is 4.74 Å². The van der Waals surface area contributed by atoms with Gasteiger partial charge in [-0.2, -0.15) is 5.10 Å². The van der Waals surface area contributed by atoms with E-state index in [9.17, 15) is 14.0 Å². The molecule has 2 heterocycles. The highest BCUT2D eigenvalue weighted by molar-refractivity contribution is 6.03. The van der Waals surface area contributed by atoms with E-state index >= 15 is 0 Å². The number of nitrogens with zero attached hydrogens (tertiary/aromatic N) is 3. The Bertz CT molecular complexity index is 1040. The van der Waals surface area contributed by atoms with Gasteiger partial charge in [-0.05, 0) is 44.9 Å². The van der Waals surface area contributed by atoms with Gasteiger partial charge in [-0.3, -0.25) is 14.5 Å². The number of carbonyl (C=O) groups is 2. The third-order valence-electron chi connectivity index (χ3n) is 6.30. The Balaban J connectivity index is 1.55. The van der Waals surface area contributed by atoms with Crippen LogP contribution in [0, 0.1) is 18.7 Å². The van der Waals surface area contributed by atoms with Crippen LogP contribution in [-0.2, 0) is 14.3 Å². The largest absolute Gasteiger partial charge is 0.466 e. The predicted octanol–water partition coefficient (Wildman–Crippen LogP) is 4.09. The third-order valence-corrected chi connectivity index (χ3v) is 6.30.